The summed E-state index contributed by atoms with van der Waals surface area (Å²) >= 11 is 3.40. The van der Waals surface area contributed by atoms with Crippen LogP contribution in [0.25, 0.3) is 0 Å². The van der Waals surface area contributed by atoms with Gasteiger partial charge in [-0.25, -0.2) is 0 Å². The smallest absolute Gasteiger partial charge is 0.184 e. The second kappa shape index (κ2) is 4.74. The topological polar surface area (TPSA) is 18.5 Å². The Morgan fingerprint density at radius 3 is 2.54 bits per heavy atom. The van der Waals surface area contributed by atoms with Gasteiger partial charge in [0.1, 0.15) is 0 Å². The summed E-state index contributed by atoms with van der Waals surface area (Å²) in [5.41, 5.74) is 1.07. The van der Waals surface area contributed by atoms with Crippen molar-refractivity contribution in [2.45, 2.75) is 13.7 Å². The van der Waals surface area contributed by atoms with Crippen molar-refractivity contribution in [3.8, 4) is 0 Å². The van der Waals surface area contributed by atoms with E-state index in [9.17, 15) is 0 Å². The molecule has 0 saturated carbocycles. The summed E-state index contributed by atoms with van der Waals surface area (Å²) in [5.74, 6) is 0. The van der Waals surface area contributed by atoms with Gasteiger partial charge >= 0.3 is 0 Å². The average Bonchev–Trinajstić information content (AvgIpc) is 2.56. The van der Waals surface area contributed by atoms with Crippen LogP contribution in [-0.4, -0.2) is 13.2 Å². The molecule has 0 bridgehead atoms. The van der Waals surface area contributed by atoms with Crippen LogP contribution in [0.3, 0.4) is 0 Å². The summed E-state index contributed by atoms with van der Waals surface area (Å²) in [7, 11) is 0. The fourth-order valence-electron chi connectivity index (χ4n) is 1.20. The van der Waals surface area contributed by atoms with Crippen molar-refractivity contribution in [3.63, 3.8) is 0 Å². The van der Waals surface area contributed by atoms with Crippen LogP contribution in [0.5, 0.6) is 0 Å². The molecule has 0 aliphatic carbocycles. The van der Waals surface area contributed by atoms with Crippen molar-refractivity contribution >= 4 is 15.9 Å². The highest BCUT2D eigenvalue weighted by Crippen LogP contribution is 2.25. The lowest BCUT2D eigenvalue weighted by molar-refractivity contribution is -0.0441. The summed E-state index contributed by atoms with van der Waals surface area (Å²) in [4.78, 5) is 0. The highest BCUT2D eigenvalue weighted by molar-refractivity contribution is 9.10. The number of hydrogen-bond donors (Lipinski definition) is 0. The molecule has 2 rings (SSSR count). The largest absolute Gasteiger partial charge is 0.346 e. The molecule has 1 fully saturated rings. The Morgan fingerprint density at radius 2 is 1.92 bits per heavy atom. The van der Waals surface area contributed by atoms with E-state index < -0.39 is 0 Å². The van der Waals surface area contributed by atoms with E-state index in [4.69, 9.17) is 9.47 Å². The molecule has 0 amide bonds. The van der Waals surface area contributed by atoms with Crippen molar-refractivity contribution in [1.29, 1.82) is 0 Å². The fraction of sp³-hybridized carbons (Fsp3) is 0.400. The molecule has 0 radical (unpaired) electrons. The third-order valence-electron chi connectivity index (χ3n) is 1.74. The van der Waals surface area contributed by atoms with Crippen molar-refractivity contribution in [2.75, 3.05) is 13.2 Å². The van der Waals surface area contributed by atoms with E-state index in [0.717, 1.165) is 10.0 Å². The minimum atomic E-state index is -0.164. The van der Waals surface area contributed by atoms with E-state index in [-0.39, 0.29) is 13.7 Å². The van der Waals surface area contributed by atoms with Gasteiger partial charge in [0.05, 0.1) is 13.2 Å². The molecule has 0 spiro atoms. The quantitative estimate of drug-likeness (QED) is 0.756. The molecule has 1 aliphatic rings. The molecule has 1 heterocycles. The van der Waals surface area contributed by atoms with Crippen LogP contribution in [0.2, 0.25) is 0 Å². The maximum Gasteiger partial charge on any atom is 0.184 e. The summed E-state index contributed by atoms with van der Waals surface area (Å²) in [6, 6.07) is 7.97. The maximum atomic E-state index is 5.35. The molecular weight excluding hydrogens is 232 g/mol. The highest BCUT2D eigenvalue weighted by atomic mass is 79.9. The molecule has 1 aromatic rings. The minimum Gasteiger partial charge on any atom is -0.346 e. The molecule has 0 aromatic heterocycles. The van der Waals surface area contributed by atoms with E-state index in [1.807, 2.05) is 24.3 Å². The molecule has 72 valence electrons. The van der Waals surface area contributed by atoms with Crippen LogP contribution in [0.1, 0.15) is 19.3 Å². The Morgan fingerprint density at radius 1 is 1.23 bits per heavy atom. The molecule has 1 aliphatic heterocycles. The molecule has 0 N–H and O–H groups in total. The number of rotatable bonds is 1. The van der Waals surface area contributed by atoms with E-state index in [2.05, 4.69) is 15.9 Å². The van der Waals surface area contributed by atoms with Crippen molar-refractivity contribution < 1.29 is 9.47 Å². The number of ether oxygens (including phenoxy) is 2. The van der Waals surface area contributed by atoms with Gasteiger partial charge in [-0.2, -0.15) is 0 Å². The lowest BCUT2D eigenvalue weighted by Crippen LogP contribution is -1.96. The van der Waals surface area contributed by atoms with Gasteiger partial charge in [0.15, 0.2) is 6.29 Å². The first-order valence-corrected chi connectivity index (χ1v) is 4.64. The van der Waals surface area contributed by atoms with E-state index in [1.165, 1.54) is 0 Å². The lowest BCUT2D eigenvalue weighted by atomic mass is 10.2. The Bertz CT molecular complexity index is 269. The van der Waals surface area contributed by atoms with Crippen molar-refractivity contribution in [1.82, 2.24) is 0 Å². The van der Waals surface area contributed by atoms with E-state index >= 15 is 0 Å². The summed E-state index contributed by atoms with van der Waals surface area (Å²) < 4.78 is 11.8. The van der Waals surface area contributed by atoms with E-state index in [1.54, 1.807) is 0 Å². The number of benzene rings is 1. The molecule has 2 nitrogen and oxygen atoms in total. The normalized spacial score (nSPS) is 17.0. The van der Waals surface area contributed by atoms with Gasteiger partial charge in [-0.05, 0) is 12.1 Å². The van der Waals surface area contributed by atoms with Gasteiger partial charge in [-0.3, -0.25) is 0 Å². The van der Waals surface area contributed by atoms with Crippen LogP contribution < -0.4 is 0 Å². The number of hydrogen-bond acceptors (Lipinski definition) is 2. The summed E-state index contributed by atoms with van der Waals surface area (Å²) in [6.07, 6.45) is -0.164. The molecule has 13 heavy (non-hydrogen) atoms. The van der Waals surface area contributed by atoms with Gasteiger partial charge in [0, 0.05) is 10.0 Å². The summed E-state index contributed by atoms with van der Waals surface area (Å²) in [6.45, 7) is 1.38. The highest BCUT2D eigenvalue weighted by Gasteiger charge is 2.17. The molecule has 3 heteroatoms. The molecule has 0 unspecified atom stereocenters. The van der Waals surface area contributed by atoms with Crippen LogP contribution in [0.4, 0.5) is 0 Å². The average molecular weight is 245 g/mol. The standard InChI is InChI=1S/C9H9BrO2.CH4/c10-8-3-1-2-7(6-8)9-11-4-5-12-9;/h1-3,6,9H,4-5H2;1H4. The van der Waals surface area contributed by atoms with Gasteiger partial charge in [-0.1, -0.05) is 35.5 Å². The fourth-order valence-corrected chi connectivity index (χ4v) is 1.62. The molecular formula is C10H13BrO2. The molecule has 0 atom stereocenters. The Hall–Kier alpha value is -0.380. The summed E-state index contributed by atoms with van der Waals surface area (Å²) in [5, 5.41) is 0. The first-order valence-electron chi connectivity index (χ1n) is 3.85. The van der Waals surface area contributed by atoms with Gasteiger partial charge in [-0.15, -0.1) is 0 Å². The zero-order valence-corrected chi connectivity index (χ0v) is 8.08. The maximum absolute atomic E-state index is 5.35. The molecule has 1 aromatic carbocycles. The SMILES string of the molecule is Brc1cccc(C2OCCO2)c1.C. The van der Waals surface area contributed by atoms with Gasteiger partial charge in [0.25, 0.3) is 0 Å². The first kappa shape index (κ1) is 10.7. The zero-order valence-electron chi connectivity index (χ0n) is 6.50. The molecule has 1 saturated heterocycles. The predicted molar refractivity (Wildman–Crippen MR) is 55.5 cm³/mol. The monoisotopic (exact) mass is 244 g/mol. The lowest BCUT2D eigenvalue weighted by Gasteiger charge is -2.08. The Kier molecular flexibility index (Phi) is 3.90. The second-order valence-electron chi connectivity index (χ2n) is 2.63. The van der Waals surface area contributed by atoms with Crippen LogP contribution in [0.15, 0.2) is 28.7 Å². The van der Waals surface area contributed by atoms with Crippen LogP contribution >= 0.6 is 15.9 Å². The van der Waals surface area contributed by atoms with Crippen molar-refractivity contribution in [2.24, 2.45) is 0 Å². The van der Waals surface area contributed by atoms with Crippen molar-refractivity contribution in [3.05, 3.63) is 34.3 Å². The zero-order chi connectivity index (χ0) is 8.39. The number of halogens is 1. The van der Waals surface area contributed by atoms with Gasteiger partial charge in [0.2, 0.25) is 0 Å². The Labute approximate surface area is 87.0 Å². The third kappa shape index (κ3) is 2.53. The van der Waals surface area contributed by atoms with Gasteiger partial charge < -0.3 is 9.47 Å². The van der Waals surface area contributed by atoms with E-state index in [0.29, 0.717) is 13.2 Å². The van der Waals surface area contributed by atoms with Crippen LogP contribution in [-0.2, 0) is 9.47 Å². The first-order chi connectivity index (χ1) is 5.86. The predicted octanol–water partition coefficient (Wildman–Crippen LogP) is 3.13. The second-order valence-corrected chi connectivity index (χ2v) is 3.54. The Balaban J connectivity index is 0.000000845. The third-order valence-corrected chi connectivity index (χ3v) is 2.24. The minimum absolute atomic E-state index is 0. The van der Waals surface area contributed by atoms with Crippen LogP contribution in [0, 0.1) is 0 Å².